The first kappa shape index (κ1) is 11.0. The van der Waals surface area contributed by atoms with Gasteiger partial charge in [0, 0.05) is 18.1 Å². The van der Waals surface area contributed by atoms with E-state index in [2.05, 4.69) is 46.9 Å². The van der Waals surface area contributed by atoms with E-state index < -0.39 is 0 Å². The lowest BCUT2D eigenvalue weighted by atomic mass is 10.0. The van der Waals surface area contributed by atoms with Gasteiger partial charge in [0.05, 0.1) is 0 Å². The fraction of sp³-hybridized carbons (Fsp3) is 1.00. The van der Waals surface area contributed by atoms with Crippen molar-refractivity contribution in [3.8, 4) is 0 Å². The Morgan fingerprint density at radius 1 is 1.08 bits per heavy atom. The molecule has 13 heavy (non-hydrogen) atoms. The van der Waals surface area contributed by atoms with Gasteiger partial charge in [-0.25, -0.2) is 0 Å². The Balaban J connectivity index is 2.51. The molecule has 1 aliphatic rings. The molecular weight excluding hydrogens is 160 g/mol. The molecule has 3 N–H and O–H groups in total. The summed E-state index contributed by atoms with van der Waals surface area (Å²) < 4.78 is 0. The highest BCUT2D eigenvalue weighted by atomic mass is 15.1. The summed E-state index contributed by atoms with van der Waals surface area (Å²) in [6.45, 7) is 13.5. The smallest absolute Gasteiger partial charge is 0.0191 e. The van der Waals surface area contributed by atoms with Gasteiger partial charge in [-0.15, -0.1) is 0 Å². The Morgan fingerprint density at radius 3 is 1.69 bits per heavy atom. The molecule has 2 atom stereocenters. The van der Waals surface area contributed by atoms with Crippen LogP contribution < -0.4 is 11.1 Å². The lowest BCUT2D eigenvalue weighted by Gasteiger charge is -2.18. The van der Waals surface area contributed by atoms with E-state index in [1.807, 2.05) is 0 Å². The molecule has 78 valence electrons. The Kier molecular flexibility index (Phi) is 2.50. The number of hydrogen-bond donors (Lipinski definition) is 2. The molecule has 0 aromatic heterocycles. The van der Waals surface area contributed by atoms with Crippen LogP contribution in [0.25, 0.3) is 0 Å². The van der Waals surface area contributed by atoms with Crippen molar-refractivity contribution in [1.82, 2.24) is 5.32 Å². The van der Waals surface area contributed by atoms with Crippen LogP contribution in [0.3, 0.4) is 0 Å². The first-order valence-electron chi connectivity index (χ1n) is 5.23. The average molecular weight is 184 g/mol. The van der Waals surface area contributed by atoms with Gasteiger partial charge < -0.3 is 11.1 Å². The molecule has 0 spiro atoms. The predicted molar refractivity (Wildman–Crippen MR) is 57.6 cm³/mol. The van der Waals surface area contributed by atoms with Crippen LogP contribution in [0, 0.1) is 10.8 Å². The molecule has 0 radical (unpaired) electrons. The van der Waals surface area contributed by atoms with Crippen molar-refractivity contribution in [3.05, 3.63) is 0 Å². The van der Waals surface area contributed by atoms with E-state index in [1.165, 1.54) is 0 Å². The van der Waals surface area contributed by atoms with Crippen LogP contribution in [0.15, 0.2) is 0 Å². The van der Waals surface area contributed by atoms with Crippen molar-refractivity contribution < 1.29 is 0 Å². The maximum Gasteiger partial charge on any atom is 0.0191 e. The van der Waals surface area contributed by atoms with Crippen LogP contribution in [0.1, 0.15) is 41.5 Å². The minimum Gasteiger partial charge on any atom is -0.327 e. The number of hydrogen-bond acceptors (Lipinski definition) is 2. The summed E-state index contributed by atoms with van der Waals surface area (Å²) in [5.41, 5.74) is 6.65. The normalized spacial score (nSPS) is 29.8. The van der Waals surface area contributed by atoms with Crippen molar-refractivity contribution in [1.29, 1.82) is 0 Å². The van der Waals surface area contributed by atoms with Gasteiger partial charge in [0.15, 0.2) is 0 Å². The lowest BCUT2D eigenvalue weighted by molar-refractivity contribution is 0.435. The standard InChI is InChI=1S/C11H24N2/c1-7(12)8(2)13-9-10(3,4)11(9,5)6/h7-9,13H,12H2,1-6H3. The molecule has 0 heterocycles. The van der Waals surface area contributed by atoms with E-state index in [0.29, 0.717) is 22.9 Å². The zero-order chi connectivity index (χ0) is 10.4. The van der Waals surface area contributed by atoms with Gasteiger partial charge in [-0.3, -0.25) is 0 Å². The Labute approximate surface area is 82.3 Å². The highest BCUT2D eigenvalue weighted by Gasteiger charge is 2.64. The van der Waals surface area contributed by atoms with Gasteiger partial charge in [-0.2, -0.15) is 0 Å². The van der Waals surface area contributed by atoms with Crippen LogP contribution in [-0.4, -0.2) is 18.1 Å². The quantitative estimate of drug-likeness (QED) is 0.701. The summed E-state index contributed by atoms with van der Waals surface area (Å²) >= 11 is 0. The molecule has 0 aromatic rings. The number of nitrogens with one attached hydrogen (secondary N) is 1. The van der Waals surface area contributed by atoms with Gasteiger partial charge in [-0.05, 0) is 24.7 Å². The molecule has 1 saturated carbocycles. The van der Waals surface area contributed by atoms with Crippen molar-refractivity contribution in [2.75, 3.05) is 0 Å². The summed E-state index contributed by atoms with van der Waals surface area (Å²) in [5, 5.41) is 3.61. The van der Waals surface area contributed by atoms with Gasteiger partial charge in [0.25, 0.3) is 0 Å². The zero-order valence-corrected chi connectivity index (χ0v) is 9.81. The summed E-state index contributed by atoms with van der Waals surface area (Å²) in [6, 6.07) is 1.25. The first-order chi connectivity index (χ1) is 5.71. The monoisotopic (exact) mass is 184 g/mol. The molecule has 1 fully saturated rings. The van der Waals surface area contributed by atoms with E-state index in [-0.39, 0.29) is 6.04 Å². The minimum absolute atomic E-state index is 0.229. The van der Waals surface area contributed by atoms with E-state index in [1.54, 1.807) is 0 Å². The molecule has 2 nitrogen and oxygen atoms in total. The van der Waals surface area contributed by atoms with Crippen LogP contribution in [-0.2, 0) is 0 Å². The van der Waals surface area contributed by atoms with Crippen LogP contribution >= 0.6 is 0 Å². The van der Waals surface area contributed by atoms with E-state index in [4.69, 9.17) is 5.73 Å². The Morgan fingerprint density at radius 2 is 1.46 bits per heavy atom. The van der Waals surface area contributed by atoms with Crippen molar-refractivity contribution in [3.63, 3.8) is 0 Å². The van der Waals surface area contributed by atoms with Gasteiger partial charge in [0.1, 0.15) is 0 Å². The second-order valence-corrected chi connectivity index (χ2v) is 5.69. The van der Waals surface area contributed by atoms with E-state index in [9.17, 15) is 0 Å². The summed E-state index contributed by atoms with van der Waals surface area (Å²) in [5.74, 6) is 0. The average Bonchev–Trinajstić information content (AvgIpc) is 2.32. The molecule has 0 saturated heterocycles. The molecule has 2 heteroatoms. The first-order valence-corrected chi connectivity index (χ1v) is 5.23. The number of nitrogens with two attached hydrogens (primary N) is 1. The number of rotatable bonds is 3. The molecule has 0 aliphatic heterocycles. The van der Waals surface area contributed by atoms with Gasteiger partial charge in [0.2, 0.25) is 0 Å². The highest BCUT2D eigenvalue weighted by Crippen LogP contribution is 2.62. The molecule has 0 aromatic carbocycles. The van der Waals surface area contributed by atoms with Crippen LogP contribution in [0.4, 0.5) is 0 Å². The maximum atomic E-state index is 5.83. The SMILES string of the molecule is CC(N)C(C)NC1C(C)(C)C1(C)C. The fourth-order valence-corrected chi connectivity index (χ4v) is 2.03. The molecule has 1 rings (SSSR count). The molecular formula is C11H24N2. The van der Waals surface area contributed by atoms with Crippen molar-refractivity contribution >= 4 is 0 Å². The summed E-state index contributed by atoms with van der Waals surface area (Å²) in [7, 11) is 0. The molecule has 0 bridgehead atoms. The second kappa shape index (κ2) is 2.96. The minimum atomic E-state index is 0.229. The third-order valence-corrected chi connectivity index (χ3v) is 4.24. The van der Waals surface area contributed by atoms with Crippen LogP contribution in [0.5, 0.6) is 0 Å². The van der Waals surface area contributed by atoms with Crippen molar-refractivity contribution in [2.24, 2.45) is 16.6 Å². The summed E-state index contributed by atoms with van der Waals surface area (Å²) in [4.78, 5) is 0. The van der Waals surface area contributed by atoms with Crippen molar-refractivity contribution in [2.45, 2.75) is 59.7 Å². The second-order valence-electron chi connectivity index (χ2n) is 5.69. The third kappa shape index (κ3) is 1.62. The maximum absolute atomic E-state index is 5.83. The zero-order valence-electron chi connectivity index (χ0n) is 9.81. The predicted octanol–water partition coefficient (Wildman–Crippen LogP) is 1.75. The molecule has 1 aliphatic carbocycles. The Bertz CT molecular complexity index is 180. The van der Waals surface area contributed by atoms with E-state index >= 15 is 0 Å². The van der Waals surface area contributed by atoms with Gasteiger partial charge >= 0.3 is 0 Å². The largest absolute Gasteiger partial charge is 0.327 e. The third-order valence-electron chi connectivity index (χ3n) is 4.24. The summed E-state index contributed by atoms with van der Waals surface area (Å²) in [6.07, 6.45) is 0. The van der Waals surface area contributed by atoms with Crippen LogP contribution in [0.2, 0.25) is 0 Å². The topological polar surface area (TPSA) is 38.0 Å². The van der Waals surface area contributed by atoms with Gasteiger partial charge in [-0.1, -0.05) is 27.7 Å². The molecule has 0 amide bonds. The Hall–Kier alpha value is -0.0800. The fourth-order valence-electron chi connectivity index (χ4n) is 2.03. The van der Waals surface area contributed by atoms with E-state index in [0.717, 1.165) is 0 Å². The lowest BCUT2D eigenvalue weighted by Crippen LogP contribution is -2.43. The highest BCUT2D eigenvalue weighted by molar-refractivity contribution is 5.18. The molecule has 2 unspecified atom stereocenters.